The van der Waals surface area contributed by atoms with Gasteiger partial charge in [0.05, 0.1) is 0 Å². The largest absolute Gasteiger partial charge is 0.123 e. The van der Waals surface area contributed by atoms with Crippen molar-refractivity contribution in [1.29, 1.82) is 0 Å². The summed E-state index contributed by atoms with van der Waals surface area (Å²) in [6, 6.07) is 19.7. The van der Waals surface area contributed by atoms with Gasteiger partial charge < -0.3 is 0 Å². The number of hydrogen-bond donors (Lipinski definition) is 0. The first-order valence-corrected chi connectivity index (χ1v) is 7.20. The molecule has 0 unspecified atom stereocenters. The molecule has 0 aromatic heterocycles. The van der Waals surface area contributed by atoms with Crippen LogP contribution < -0.4 is 0 Å². The molecular weight excluding hydrogens is 236 g/mol. The number of rotatable bonds is 2. The quantitative estimate of drug-likeness (QED) is 0.429. The zero-order chi connectivity index (χ0) is 12.5. The fourth-order valence-corrected chi connectivity index (χ4v) is 3.26. The van der Waals surface area contributed by atoms with Crippen molar-refractivity contribution in [2.45, 2.75) is 24.0 Å². The second-order valence-corrected chi connectivity index (χ2v) is 6.46. The molecule has 0 fully saturated rings. The average molecular weight is 252 g/mol. The Balaban J connectivity index is 2.29. The Bertz CT molecular complexity index is 698. The van der Waals surface area contributed by atoms with Gasteiger partial charge in [0.15, 0.2) is 0 Å². The fraction of sp³-hybridized carbons (Fsp3) is 0.176. The molecule has 90 valence electrons. The van der Waals surface area contributed by atoms with Gasteiger partial charge in [-0.2, -0.15) is 0 Å². The van der Waals surface area contributed by atoms with Crippen molar-refractivity contribution in [3.63, 3.8) is 0 Å². The van der Waals surface area contributed by atoms with Gasteiger partial charge in [-0.1, -0.05) is 50.2 Å². The smallest absolute Gasteiger partial charge is 0.0153 e. The second-order valence-electron chi connectivity index (χ2n) is 4.84. The van der Waals surface area contributed by atoms with Crippen LogP contribution in [-0.2, 0) is 0 Å². The Kier molecular flexibility index (Phi) is 3.00. The summed E-state index contributed by atoms with van der Waals surface area (Å²) in [5.74, 6) is 0. The van der Waals surface area contributed by atoms with E-state index in [4.69, 9.17) is 0 Å². The van der Waals surface area contributed by atoms with Gasteiger partial charge in [0.1, 0.15) is 0 Å². The molecule has 0 aliphatic heterocycles. The maximum absolute atomic E-state index is 2.31. The molecule has 0 nitrogen and oxygen atoms in total. The molecule has 3 aromatic rings. The molecular formula is C17H16S. The predicted octanol–water partition coefficient (Wildman–Crippen LogP) is 5.49. The zero-order valence-electron chi connectivity index (χ0n) is 10.7. The maximum atomic E-state index is 2.31. The number of fused-ring (bicyclic) bond motifs is 2. The molecule has 0 saturated carbocycles. The van der Waals surface area contributed by atoms with Gasteiger partial charge in [-0.25, -0.2) is 0 Å². The van der Waals surface area contributed by atoms with Crippen molar-refractivity contribution in [3.8, 4) is 0 Å². The summed E-state index contributed by atoms with van der Waals surface area (Å²) < 4.78 is 0. The fourth-order valence-electron chi connectivity index (χ4n) is 2.29. The molecule has 0 radical (unpaired) electrons. The van der Waals surface area contributed by atoms with Crippen molar-refractivity contribution in [2.24, 2.45) is 0 Å². The van der Waals surface area contributed by atoms with E-state index in [1.165, 1.54) is 26.4 Å². The lowest BCUT2D eigenvalue weighted by Gasteiger charge is -2.10. The molecule has 1 heteroatoms. The Hall–Kier alpha value is -1.47. The van der Waals surface area contributed by atoms with Crippen LogP contribution in [0.3, 0.4) is 0 Å². The predicted molar refractivity (Wildman–Crippen MR) is 82.4 cm³/mol. The van der Waals surface area contributed by atoms with Crippen LogP contribution >= 0.6 is 11.8 Å². The molecule has 0 saturated heterocycles. The summed E-state index contributed by atoms with van der Waals surface area (Å²) >= 11 is 1.94. The minimum absolute atomic E-state index is 0.613. The first-order valence-electron chi connectivity index (χ1n) is 6.32. The van der Waals surface area contributed by atoms with Gasteiger partial charge in [0.25, 0.3) is 0 Å². The van der Waals surface area contributed by atoms with Gasteiger partial charge in [-0.3, -0.25) is 0 Å². The average Bonchev–Trinajstić information content (AvgIpc) is 2.36. The van der Waals surface area contributed by atoms with Crippen LogP contribution in [0.5, 0.6) is 0 Å². The molecule has 0 aliphatic carbocycles. The van der Waals surface area contributed by atoms with Crippen molar-refractivity contribution < 1.29 is 0 Å². The summed E-state index contributed by atoms with van der Waals surface area (Å²) in [6.45, 7) is 4.48. The Labute approximate surface area is 112 Å². The SMILES string of the molecule is CC(C)Sc1cccc2cc3ccccc3cc12. The van der Waals surface area contributed by atoms with Gasteiger partial charge in [0, 0.05) is 10.1 Å². The number of thioether (sulfide) groups is 1. The van der Waals surface area contributed by atoms with E-state index in [1.54, 1.807) is 0 Å². The Morgan fingerprint density at radius 1 is 0.778 bits per heavy atom. The maximum Gasteiger partial charge on any atom is 0.0153 e. The van der Waals surface area contributed by atoms with Gasteiger partial charge in [-0.15, -0.1) is 11.8 Å². The van der Waals surface area contributed by atoms with E-state index in [2.05, 4.69) is 68.4 Å². The third-order valence-electron chi connectivity index (χ3n) is 3.07. The summed E-state index contributed by atoms with van der Waals surface area (Å²) in [5, 5.41) is 5.95. The van der Waals surface area contributed by atoms with Crippen LogP contribution in [0.2, 0.25) is 0 Å². The highest BCUT2D eigenvalue weighted by molar-refractivity contribution is 8.00. The van der Waals surface area contributed by atoms with Gasteiger partial charge in [0.2, 0.25) is 0 Å². The van der Waals surface area contributed by atoms with E-state index in [1.807, 2.05) is 11.8 Å². The van der Waals surface area contributed by atoms with E-state index in [0.717, 1.165) is 0 Å². The molecule has 0 N–H and O–H groups in total. The topological polar surface area (TPSA) is 0 Å². The lowest BCUT2D eigenvalue weighted by atomic mass is 10.0. The van der Waals surface area contributed by atoms with Crippen LogP contribution in [0.15, 0.2) is 59.5 Å². The summed E-state index contributed by atoms with van der Waals surface area (Å²) in [7, 11) is 0. The van der Waals surface area contributed by atoms with Crippen LogP contribution in [-0.4, -0.2) is 5.25 Å². The summed E-state index contributed by atoms with van der Waals surface area (Å²) in [6.07, 6.45) is 0. The van der Waals surface area contributed by atoms with Crippen molar-refractivity contribution in [3.05, 3.63) is 54.6 Å². The molecule has 18 heavy (non-hydrogen) atoms. The standard InChI is InChI=1S/C17H16S/c1-12(2)18-17-9-5-8-15-10-13-6-3-4-7-14(13)11-16(15)17/h3-12H,1-2H3. The monoisotopic (exact) mass is 252 g/mol. The van der Waals surface area contributed by atoms with Crippen molar-refractivity contribution in [2.75, 3.05) is 0 Å². The Morgan fingerprint density at radius 3 is 2.17 bits per heavy atom. The third kappa shape index (κ3) is 2.11. The number of hydrogen-bond acceptors (Lipinski definition) is 1. The molecule has 3 aromatic carbocycles. The van der Waals surface area contributed by atoms with Crippen LogP contribution in [0.1, 0.15) is 13.8 Å². The van der Waals surface area contributed by atoms with E-state index in [0.29, 0.717) is 5.25 Å². The summed E-state index contributed by atoms with van der Waals surface area (Å²) in [4.78, 5) is 1.38. The minimum atomic E-state index is 0.613. The van der Waals surface area contributed by atoms with Crippen LogP contribution in [0.25, 0.3) is 21.5 Å². The van der Waals surface area contributed by atoms with Gasteiger partial charge >= 0.3 is 0 Å². The first-order chi connectivity index (χ1) is 8.74. The van der Waals surface area contributed by atoms with E-state index in [9.17, 15) is 0 Å². The highest BCUT2D eigenvalue weighted by Crippen LogP contribution is 2.33. The van der Waals surface area contributed by atoms with Crippen molar-refractivity contribution >= 4 is 33.3 Å². The van der Waals surface area contributed by atoms with Gasteiger partial charge in [-0.05, 0) is 39.7 Å². The lowest BCUT2D eigenvalue weighted by molar-refractivity contribution is 1.11. The third-order valence-corrected chi connectivity index (χ3v) is 4.15. The molecule has 0 heterocycles. The number of benzene rings is 3. The lowest BCUT2D eigenvalue weighted by Crippen LogP contribution is -1.87. The molecule has 0 atom stereocenters. The van der Waals surface area contributed by atoms with Crippen molar-refractivity contribution in [1.82, 2.24) is 0 Å². The minimum Gasteiger partial charge on any atom is -0.123 e. The first kappa shape index (κ1) is 11.6. The molecule has 3 rings (SSSR count). The molecule has 0 amide bonds. The van der Waals surface area contributed by atoms with Crippen LogP contribution in [0.4, 0.5) is 0 Å². The zero-order valence-corrected chi connectivity index (χ0v) is 11.5. The molecule has 0 spiro atoms. The van der Waals surface area contributed by atoms with E-state index < -0.39 is 0 Å². The summed E-state index contributed by atoms with van der Waals surface area (Å²) in [5.41, 5.74) is 0. The Morgan fingerprint density at radius 2 is 1.44 bits per heavy atom. The second kappa shape index (κ2) is 4.66. The molecule has 0 aliphatic rings. The highest BCUT2D eigenvalue weighted by atomic mass is 32.2. The highest BCUT2D eigenvalue weighted by Gasteiger charge is 2.05. The van der Waals surface area contributed by atoms with E-state index >= 15 is 0 Å². The molecule has 0 bridgehead atoms. The van der Waals surface area contributed by atoms with E-state index in [-0.39, 0.29) is 0 Å². The van der Waals surface area contributed by atoms with Crippen LogP contribution in [0, 0.1) is 0 Å². The normalized spacial score (nSPS) is 11.5.